The van der Waals surface area contributed by atoms with Gasteiger partial charge in [0.1, 0.15) is 13.2 Å². The standard InChI is InChI=1S/C13H13NO4/c14-8-10(7-13(15)16)5-9-1-2-11-12(6-9)18-4-3-17-11/h1-2,6,10H,3-5,7H2,(H,15,16). The second-order valence-corrected chi connectivity index (χ2v) is 4.11. The average Bonchev–Trinajstić information content (AvgIpc) is 2.37. The predicted molar refractivity (Wildman–Crippen MR) is 62.5 cm³/mol. The number of fused-ring (bicyclic) bond motifs is 1. The van der Waals surface area contributed by atoms with E-state index in [4.69, 9.17) is 19.8 Å². The van der Waals surface area contributed by atoms with Gasteiger partial charge in [0.25, 0.3) is 0 Å². The molecular weight excluding hydrogens is 234 g/mol. The first kappa shape index (κ1) is 12.2. The maximum atomic E-state index is 10.6. The molecule has 1 aromatic rings. The maximum absolute atomic E-state index is 10.6. The first-order valence-corrected chi connectivity index (χ1v) is 5.69. The minimum atomic E-state index is -0.959. The summed E-state index contributed by atoms with van der Waals surface area (Å²) in [6.07, 6.45) is 0.254. The van der Waals surface area contributed by atoms with E-state index in [0.29, 0.717) is 31.1 Å². The quantitative estimate of drug-likeness (QED) is 0.874. The summed E-state index contributed by atoms with van der Waals surface area (Å²) in [5, 5.41) is 17.6. The van der Waals surface area contributed by atoms with E-state index in [1.165, 1.54) is 0 Å². The Labute approximate surface area is 105 Å². The van der Waals surface area contributed by atoms with Crippen molar-refractivity contribution in [3.63, 3.8) is 0 Å². The SMILES string of the molecule is N#CC(CC(=O)O)Cc1ccc2c(c1)OCCO2. The summed E-state index contributed by atoms with van der Waals surface area (Å²) in [4.78, 5) is 10.6. The number of aliphatic carboxylic acids is 1. The van der Waals surface area contributed by atoms with Gasteiger partial charge in [0.2, 0.25) is 0 Å². The summed E-state index contributed by atoms with van der Waals surface area (Å²) in [6.45, 7) is 1.04. The fourth-order valence-corrected chi connectivity index (χ4v) is 1.87. The van der Waals surface area contributed by atoms with Crippen LogP contribution in [0.25, 0.3) is 0 Å². The molecule has 1 aliphatic rings. The Hall–Kier alpha value is -2.22. The van der Waals surface area contributed by atoms with Gasteiger partial charge in [0.15, 0.2) is 11.5 Å². The summed E-state index contributed by atoms with van der Waals surface area (Å²) in [7, 11) is 0. The van der Waals surface area contributed by atoms with Gasteiger partial charge in [-0.2, -0.15) is 5.26 Å². The molecular formula is C13H13NO4. The highest BCUT2D eigenvalue weighted by atomic mass is 16.6. The number of hydrogen-bond acceptors (Lipinski definition) is 4. The second-order valence-electron chi connectivity index (χ2n) is 4.11. The van der Waals surface area contributed by atoms with Crippen LogP contribution < -0.4 is 9.47 Å². The maximum Gasteiger partial charge on any atom is 0.304 e. The molecule has 1 aromatic carbocycles. The van der Waals surface area contributed by atoms with Crippen LogP contribution in [0.1, 0.15) is 12.0 Å². The van der Waals surface area contributed by atoms with Crippen molar-refractivity contribution in [2.75, 3.05) is 13.2 Å². The lowest BCUT2D eigenvalue weighted by Gasteiger charge is -2.19. The molecule has 0 aromatic heterocycles. The van der Waals surface area contributed by atoms with Crippen molar-refractivity contribution in [2.24, 2.45) is 5.92 Å². The lowest BCUT2D eigenvalue weighted by Crippen LogP contribution is -2.15. The van der Waals surface area contributed by atoms with Gasteiger partial charge in [-0.05, 0) is 24.1 Å². The molecule has 0 amide bonds. The normalized spacial score (nSPS) is 14.6. The molecule has 94 valence electrons. The Morgan fingerprint density at radius 1 is 1.39 bits per heavy atom. The number of ether oxygens (including phenoxy) is 2. The van der Waals surface area contributed by atoms with Gasteiger partial charge in [0.05, 0.1) is 18.4 Å². The zero-order chi connectivity index (χ0) is 13.0. The summed E-state index contributed by atoms with van der Waals surface area (Å²) >= 11 is 0. The van der Waals surface area contributed by atoms with Crippen LogP contribution in [0.4, 0.5) is 0 Å². The highest BCUT2D eigenvalue weighted by molar-refractivity contribution is 5.67. The van der Waals surface area contributed by atoms with Gasteiger partial charge in [-0.1, -0.05) is 6.07 Å². The molecule has 0 aliphatic carbocycles. The summed E-state index contributed by atoms with van der Waals surface area (Å²) in [5.74, 6) is -0.133. The minimum Gasteiger partial charge on any atom is -0.486 e. The van der Waals surface area contributed by atoms with Gasteiger partial charge in [0, 0.05) is 0 Å². The molecule has 5 heteroatoms. The molecule has 1 atom stereocenters. The summed E-state index contributed by atoms with van der Waals surface area (Å²) in [5.41, 5.74) is 0.882. The molecule has 0 fully saturated rings. The third-order valence-electron chi connectivity index (χ3n) is 2.69. The molecule has 18 heavy (non-hydrogen) atoms. The average molecular weight is 247 g/mol. The first-order valence-electron chi connectivity index (χ1n) is 5.69. The van der Waals surface area contributed by atoms with Gasteiger partial charge < -0.3 is 14.6 Å². The lowest BCUT2D eigenvalue weighted by atomic mass is 9.97. The number of carboxylic acid groups (broad SMARTS) is 1. The van der Waals surface area contributed by atoms with E-state index in [0.717, 1.165) is 5.56 Å². The Kier molecular flexibility index (Phi) is 3.68. The van der Waals surface area contributed by atoms with Gasteiger partial charge in [-0.25, -0.2) is 0 Å². The molecule has 5 nitrogen and oxygen atoms in total. The molecule has 1 aliphatic heterocycles. The van der Waals surface area contributed by atoms with Crippen molar-refractivity contribution >= 4 is 5.97 Å². The predicted octanol–water partition coefficient (Wildman–Crippen LogP) is 1.61. The number of carboxylic acids is 1. The van der Waals surface area contributed by atoms with Crippen molar-refractivity contribution in [2.45, 2.75) is 12.8 Å². The molecule has 0 spiro atoms. The highest BCUT2D eigenvalue weighted by Gasteiger charge is 2.16. The molecule has 0 saturated heterocycles. The molecule has 1 heterocycles. The van der Waals surface area contributed by atoms with Crippen LogP contribution in [-0.2, 0) is 11.2 Å². The summed E-state index contributed by atoms with van der Waals surface area (Å²) in [6, 6.07) is 7.44. The van der Waals surface area contributed by atoms with E-state index >= 15 is 0 Å². The fourth-order valence-electron chi connectivity index (χ4n) is 1.87. The Bertz CT molecular complexity index is 492. The topological polar surface area (TPSA) is 79.6 Å². The van der Waals surface area contributed by atoms with Crippen molar-refractivity contribution in [3.8, 4) is 17.6 Å². The van der Waals surface area contributed by atoms with Gasteiger partial charge >= 0.3 is 5.97 Å². The number of carbonyl (C=O) groups is 1. The Balaban J connectivity index is 2.09. The molecule has 0 saturated carbocycles. The molecule has 2 rings (SSSR count). The number of benzene rings is 1. The van der Waals surface area contributed by atoms with Crippen LogP contribution >= 0.6 is 0 Å². The van der Waals surface area contributed by atoms with Gasteiger partial charge in [-0.15, -0.1) is 0 Å². The molecule has 1 N–H and O–H groups in total. The highest BCUT2D eigenvalue weighted by Crippen LogP contribution is 2.31. The Morgan fingerprint density at radius 2 is 2.11 bits per heavy atom. The van der Waals surface area contributed by atoms with Crippen LogP contribution in [0.3, 0.4) is 0 Å². The number of rotatable bonds is 4. The van der Waals surface area contributed by atoms with Crippen LogP contribution in [0, 0.1) is 17.2 Å². The zero-order valence-electron chi connectivity index (χ0n) is 9.76. The van der Waals surface area contributed by atoms with Crippen LogP contribution in [0.5, 0.6) is 11.5 Å². The third-order valence-corrected chi connectivity index (χ3v) is 2.69. The third kappa shape index (κ3) is 2.92. The number of hydrogen-bond donors (Lipinski definition) is 1. The first-order chi connectivity index (χ1) is 8.69. The van der Waals surface area contributed by atoms with E-state index in [9.17, 15) is 4.79 Å². The van der Waals surface area contributed by atoms with E-state index in [-0.39, 0.29) is 6.42 Å². The Morgan fingerprint density at radius 3 is 2.78 bits per heavy atom. The molecule has 0 bridgehead atoms. The second kappa shape index (κ2) is 5.41. The van der Waals surface area contributed by atoms with Crippen molar-refractivity contribution in [3.05, 3.63) is 23.8 Å². The fraction of sp³-hybridized carbons (Fsp3) is 0.385. The minimum absolute atomic E-state index is 0.148. The van der Waals surface area contributed by atoms with Crippen molar-refractivity contribution in [1.29, 1.82) is 5.26 Å². The molecule has 1 unspecified atom stereocenters. The van der Waals surface area contributed by atoms with Crippen LogP contribution in [0.2, 0.25) is 0 Å². The summed E-state index contributed by atoms with van der Waals surface area (Å²) < 4.78 is 10.8. The van der Waals surface area contributed by atoms with E-state index in [2.05, 4.69) is 0 Å². The smallest absolute Gasteiger partial charge is 0.304 e. The zero-order valence-corrected chi connectivity index (χ0v) is 9.76. The van der Waals surface area contributed by atoms with Crippen molar-refractivity contribution in [1.82, 2.24) is 0 Å². The van der Waals surface area contributed by atoms with Crippen LogP contribution in [0.15, 0.2) is 18.2 Å². The molecule has 0 radical (unpaired) electrons. The van der Waals surface area contributed by atoms with Gasteiger partial charge in [-0.3, -0.25) is 4.79 Å². The van der Waals surface area contributed by atoms with E-state index in [1.807, 2.05) is 12.1 Å². The largest absolute Gasteiger partial charge is 0.486 e. The lowest BCUT2D eigenvalue weighted by molar-refractivity contribution is -0.137. The van der Waals surface area contributed by atoms with Crippen LogP contribution in [-0.4, -0.2) is 24.3 Å². The van der Waals surface area contributed by atoms with Crippen molar-refractivity contribution < 1.29 is 19.4 Å². The van der Waals surface area contributed by atoms with E-state index < -0.39 is 11.9 Å². The number of nitrogens with zero attached hydrogens (tertiary/aromatic N) is 1. The number of nitriles is 1. The monoisotopic (exact) mass is 247 g/mol. The van der Waals surface area contributed by atoms with E-state index in [1.54, 1.807) is 12.1 Å².